The number of benzene rings is 1. The molecule has 2 heterocycles. The highest BCUT2D eigenvalue weighted by Gasteiger charge is 2.16. The van der Waals surface area contributed by atoms with Gasteiger partial charge in [-0.15, -0.1) is 11.3 Å². The first-order valence-corrected chi connectivity index (χ1v) is 6.13. The van der Waals surface area contributed by atoms with Crippen molar-refractivity contribution < 1.29 is 9.21 Å². The Hall–Kier alpha value is -1.65. The molecule has 0 spiro atoms. The number of halogens is 1. The number of nitrogens with zero attached hydrogens (tertiary/aromatic N) is 1. The zero-order valence-corrected chi connectivity index (χ0v) is 10.1. The van der Waals surface area contributed by atoms with Gasteiger partial charge in [0.25, 0.3) is 5.78 Å². The Labute approximate surface area is 106 Å². The van der Waals surface area contributed by atoms with Crippen LogP contribution in [0.1, 0.15) is 15.6 Å². The van der Waals surface area contributed by atoms with Gasteiger partial charge in [0, 0.05) is 22.0 Å². The Balaban J connectivity index is 2.09. The first-order chi connectivity index (χ1) is 8.24. The van der Waals surface area contributed by atoms with Crippen molar-refractivity contribution in [2.75, 3.05) is 0 Å². The van der Waals surface area contributed by atoms with E-state index in [9.17, 15) is 4.79 Å². The van der Waals surface area contributed by atoms with Gasteiger partial charge in [0.15, 0.2) is 10.8 Å². The quantitative estimate of drug-likeness (QED) is 0.661. The molecule has 0 aliphatic carbocycles. The molecule has 0 fully saturated rings. The van der Waals surface area contributed by atoms with Crippen molar-refractivity contribution in [2.24, 2.45) is 0 Å². The van der Waals surface area contributed by atoms with Crippen LogP contribution in [0, 0.1) is 0 Å². The van der Waals surface area contributed by atoms with Gasteiger partial charge in [0.1, 0.15) is 5.58 Å². The van der Waals surface area contributed by atoms with E-state index < -0.39 is 0 Å². The standard InChI is InChI=1S/C12H6ClNO2S/c13-8-1-2-9-7(5-8)6-10(16-9)11(15)12-14-3-4-17-12/h1-6H. The normalized spacial score (nSPS) is 10.9. The summed E-state index contributed by atoms with van der Waals surface area (Å²) in [6.07, 6.45) is 1.59. The van der Waals surface area contributed by atoms with Crippen LogP contribution in [0.4, 0.5) is 0 Å². The minimum Gasteiger partial charge on any atom is -0.452 e. The molecule has 3 rings (SSSR count). The van der Waals surface area contributed by atoms with Gasteiger partial charge in [0.2, 0.25) is 0 Å². The lowest BCUT2D eigenvalue weighted by Crippen LogP contribution is -1.97. The van der Waals surface area contributed by atoms with Crippen LogP contribution in [0.25, 0.3) is 11.0 Å². The number of carbonyl (C=O) groups is 1. The van der Waals surface area contributed by atoms with Gasteiger partial charge in [-0.1, -0.05) is 11.6 Å². The van der Waals surface area contributed by atoms with Crippen LogP contribution in [0.5, 0.6) is 0 Å². The average molecular weight is 264 g/mol. The maximum Gasteiger partial charge on any atom is 0.256 e. The molecule has 84 valence electrons. The van der Waals surface area contributed by atoms with Crippen molar-refractivity contribution in [3.8, 4) is 0 Å². The highest BCUT2D eigenvalue weighted by molar-refractivity contribution is 7.11. The highest BCUT2D eigenvalue weighted by atomic mass is 35.5. The van der Waals surface area contributed by atoms with Gasteiger partial charge >= 0.3 is 0 Å². The number of rotatable bonds is 2. The Morgan fingerprint density at radius 1 is 1.35 bits per heavy atom. The summed E-state index contributed by atoms with van der Waals surface area (Å²) in [6, 6.07) is 6.92. The molecule has 0 saturated carbocycles. The van der Waals surface area contributed by atoms with E-state index in [1.807, 2.05) is 0 Å². The number of thiazole rings is 1. The van der Waals surface area contributed by atoms with E-state index in [2.05, 4.69) is 4.98 Å². The van der Waals surface area contributed by atoms with Crippen molar-refractivity contribution in [2.45, 2.75) is 0 Å². The molecule has 0 aliphatic rings. The molecule has 17 heavy (non-hydrogen) atoms. The fourth-order valence-corrected chi connectivity index (χ4v) is 2.33. The first kappa shape index (κ1) is 10.5. The summed E-state index contributed by atoms with van der Waals surface area (Å²) in [5, 5.41) is 3.62. The molecule has 0 unspecified atom stereocenters. The Morgan fingerprint density at radius 2 is 2.24 bits per heavy atom. The van der Waals surface area contributed by atoms with Crippen LogP contribution in [0.3, 0.4) is 0 Å². The minimum absolute atomic E-state index is 0.202. The molecule has 3 aromatic rings. The first-order valence-electron chi connectivity index (χ1n) is 4.87. The van der Waals surface area contributed by atoms with Crippen molar-refractivity contribution >= 4 is 39.7 Å². The molecule has 0 N–H and O–H groups in total. The topological polar surface area (TPSA) is 43.1 Å². The highest BCUT2D eigenvalue weighted by Crippen LogP contribution is 2.24. The van der Waals surface area contributed by atoms with Gasteiger partial charge in [-0.2, -0.15) is 0 Å². The Morgan fingerprint density at radius 3 is 3.00 bits per heavy atom. The smallest absolute Gasteiger partial charge is 0.256 e. The number of hydrogen-bond donors (Lipinski definition) is 0. The number of furan rings is 1. The number of fused-ring (bicyclic) bond motifs is 1. The molecular weight excluding hydrogens is 258 g/mol. The molecular formula is C12H6ClNO2S. The summed E-state index contributed by atoms with van der Waals surface area (Å²) >= 11 is 7.16. The van der Waals surface area contributed by atoms with Crippen LogP contribution >= 0.6 is 22.9 Å². The fraction of sp³-hybridized carbons (Fsp3) is 0. The van der Waals surface area contributed by atoms with Crippen molar-refractivity contribution in [3.63, 3.8) is 0 Å². The van der Waals surface area contributed by atoms with E-state index in [-0.39, 0.29) is 11.5 Å². The lowest BCUT2D eigenvalue weighted by Gasteiger charge is -1.89. The van der Waals surface area contributed by atoms with Gasteiger partial charge in [-0.25, -0.2) is 4.98 Å². The lowest BCUT2D eigenvalue weighted by atomic mass is 10.2. The third-order valence-electron chi connectivity index (χ3n) is 2.33. The predicted molar refractivity (Wildman–Crippen MR) is 66.8 cm³/mol. The van der Waals surface area contributed by atoms with E-state index in [1.165, 1.54) is 11.3 Å². The molecule has 0 aliphatic heterocycles. The monoisotopic (exact) mass is 263 g/mol. The SMILES string of the molecule is O=C(c1cc2cc(Cl)ccc2o1)c1nccs1. The minimum atomic E-state index is -0.202. The molecule has 2 aromatic heterocycles. The van der Waals surface area contributed by atoms with Crippen LogP contribution in [-0.2, 0) is 0 Å². The molecule has 0 saturated heterocycles. The van der Waals surface area contributed by atoms with Crippen molar-refractivity contribution in [3.05, 3.63) is 51.6 Å². The van der Waals surface area contributed by atoms with E-state index in [0.29, 0.717) is 15.6 Å². The summed E-state index contributed by atoms with van der Waals surface area (Å²) in [5.41, 5.74) is 0.648. The van der Waals surface area contributed by atoms with E-state index in [0.717, 1.165) is 5.39 Å². The number of hydrogen-bond acceptors (Lipinski definition) is 4. The molecule has 0 amide bonds. The maximum atomic E-state index is 12.0. The van der Waals surface area contributed by atoms with Crippen molar-refractivity contribution in [1.29, 1.82) is 0 Å². The maximum absolute atomic E-state index is 12.0. The second-order valence-electron chi connectivity index (χ2n) is 3.46. The third kappa shape index (κ3) is 1.85. The van der Waals surface area contributed by atoms with Gasteiger partial charge in [0.05, 0.1) is 0 Å². The number of carbonyl (C=O) groups excluding carboxylic acids is 1. The van der Waals surface area contributed by atoms with Gasteiger partial charge in [-0.3, -0.25) is 4.79 Å². The molecule has 0 bridgehead atoms. The lowest BCUT2D eigenvalue weighted by molar-refractivity contribution is 0.101. The summed E-state index contributed by atoms with van der Waals surface area (Å²) in [6.45, 7) is 0. The number of aromatic nitrogens is 1. The predicted octanol–water partition coefficient (Wildman–Crippen LogP) is 3.77. The number of ketones is 1. The zero-order valence-electron chi connectivity index (χ0n) is 8.51. The summed E-state index contributed by atoms with van der Waals surface area (Å²) in [5.74, 6) is 0.0875. The van der Waals surface area contributed by atoms with E-state index in [4.69, 9.17) is 16.0 Å². The van der Waals surface area contributed by atoms with Crippen LogP contribution in [0.2, 0.25) is 5.02 Å². The average Bonchev–Trinajstić information content (AvgIpc) is 2.96. The fourth-order valence-electron chi connectivity index (χ4n) is 1.57. The molecule has 1 aromatic carbocycles. The molecule has 0 atom stereocenters. The van der Waals surface area contributed by atoms with Crippen LogP contribution in [0.15, 0.2) is 40.3 Å². The summed E-state index contributed by atoms with van der Waals surface area (Å²) in [4.78, 5) is 15.9. The largest absolute Gasteiger partial charge is 0.452 e. The summed E-state index contributed by atoms with van der Waals surface area (Å²) in [7, 11) is 0. The Kier molecular flexibility index (Phi) is 2.46. The van der Waals surface area contributed by atoms with E-state index >= 15 is 0 Å². The van der Waals surface area contributed by atoms with Crippen LogP contribution in [-0.4, -0.2) is 10.8 Å². The van der Waals surface area contributed by atoms with Gasteiger partial charge < -0.3 is 4.42 Å². The second-order valence-corrected chi connectivity index (χ2v) is 4.79. The third-order valence-corrected chi connectivity index (χ3v) is 3.34. The van der Waals surface area contributed by atoms with Gasteiger partial charge in [-0.05, 0) is 24.3 Å². The Bertz CT molecular complexity index is 688. The molecule has 0 radical (unpaired) electrons. The van der Waals surface area contributed by atoms with Crippen molar-refractivity contribution in [1.82, 2.24) is 4.98 Å². The molecule has 5 heteroatoms. The molecule has 3 nitrogen and oxygen atoms in total. The summed E-state index contributed by atoms with van der Waals surface area (Å²) < 4.78 is 5.47. The van der Waals surface area contributed by atoms with E-state index in [1.54, 1.807) is 35.8 Å². The van der Waals surface area contributed by atoms with Crippen LogP contribution < -0.4 is 0 Å². The zero-order chi connectivity index (χ0) is 11.8. The second kappa shape index (κ2) is 3.98.